The average molecular weight is 401 g/mol. The minimum absolute atomic E-state index is 0.269. The van der Waals surface area contributed by atoms with Crippen LogP contribution in [0.4, 0.5) is 0 Å². The van der Waals surface area contributed by atoms with Gasteiger partial charge in [0.15, 0.2) is 5.16 Å². The smallest absolute Gasteiger partial charge is 0.223 e. The fraction of sp³-hybridized carbons (Fsp3) is 0.238. The Labute approximate surface area is 168 Å². The summed E-state index contributed by atoms with van der Waals surface area (Å²) in [5.41, 5.74) is 2.09. The lowest BCUT2D eigenvalue weighted by Crippen LogP contribution is -2.00. The third kappa shape index (κ3) is 5.62. The van der Waals surface area contributed by atoms with Crippen LogP contribution < -0.4 is 9.47 Å². The van der Waals surface area contributed by atoms with Crippen molar-refractivity contribution < 1.29 is 9.47 Å². The Kier molecular flexibility index (Phi) is 6.58. The van der Waals surface area contributed by atoms with E-state index in [0.29, 0.717) is 21.8 Å². The maximum atomic E-state index is 6.04. The van der Waals surface area contributed by atoms with Crippen LogP contribution in [0.5, 0.6) is 17.4 Å². The summed E-state index contributed by atoms with van der Waals surface area (Å²) in [5.74, 6) is 3.03. The van der Waals surface area contributed by atoms with Crippen LogP contribution in [0.25, 0.3) is 0 Å². The van der Waals surface area contributed by atoms with E-state index in [0.717, 1.165) is 22.8 Å². The van der Waals surface area contributed by atoms with Gasteiger partial charge in [0.1, 0.15) is 11.5 Å². The monoisotopic (exact) mass is 400 g/mol. The van der Waals surface area contributed by atoms with E-state index >= 15 is 0 Å². The maximum absolute atomic E-state index is 6.04. The van der Waals surface area contributed by atoms with Crippen molar-refractivity contribution in [3.8, 4) is 17.4 Å². The molecule has 2 aromatic carbocycles. The van der Waals surface area contributed by atoms with Crippen molar-refractivity contribution in [1.29, 1.82) is 0 Å². The zero-order chi connectivity index (χ0) is 19.2. The second-order valence-electron chi connectivity index (χ2n) is 6.27. The molecule has 3 rings (SSSR count). The molecule has 0 bridgehead atoms. The maximum Gasteiger partial charge on any atom is 0.223 e. The van der Waals surface area contributed by atoms with Crippen molar-refractivity contribution in [3.05, 3.63) is 70.9 Å². The molecule has 6 heteroatoms. The molecular formula is C21H21ClN2O2S. The van der Waals surface area contributed by atoms with Crippen LogP contribution in [-0.4, -0.2) is 17.1 Å². The van der Waals surface area contributed by atoms with Crippen LogP contribution in [0, 0.1) is 0 Å². The topological polar surface area (TPSA) is 44.2 Å². The predicted molar refractivity (Wildman–Crippen MR) is 110 cm³/mol. The minimum Gasteiger partial charge on any atom is -0.497 e. The molecule has 0 aliphatic carbocycles. The van der Waals surface area contributed by atoms with Crippen LogP contribution in [-0.2, 0) is 5.75 Å². The SMILES string of the molecule is COc1cccc(CSc2nc(Oc3cccc(Cl)c3)cc(C(C)C)n2)c1. The van der Waals surface area contributed by atoms with Gasteiger partial charge in [-0.1, -0.05) is 55.4 Å². The first-order valence-corrected chi connectivity index (χ1v) is 9.98. The van der Waals surface area contributed by atoms with E-state index < -0.39 is 0 Å². The second kappa shape index (κ2) is 9.11. The van der Waals surface area contributed by atoms with E-state index in [9.17, 15) is 0 Å². The highest BCUT2D eigenvalue weighted by Crippen LogP contribution is 2.29. The first-order valence-electron chi connectivity index (χ1n) is 8.61. The van der Waals surface area contributed by atoms with Gasteiger partial charge in [-0.2, -0.15) is 4.98 Å². The summed E-state index contributed by atoms with van der Waals surface area (Å²) in [6.07, 6.45) is 0. The Morgan fingerprint density at radius 1 is 1.00 bits per heavy atom. The summed E-state index contributed by atoms with van der Waals surface area (Å²) in [7, 11) is 1.67. The Bertz CT molecular complexity index is 918. The molecule has 0 aliphatic rings. The zero-order valence-corrected chi connectivity index (χ0v) is 17.1. The third-order valence-electron chi connectivity index (χ3n) is 3.81. The molecule has 0 saturated heterocycles. The van der Waals surface area contributed by atoms with Gasteiger partial charge in [-0.3, -0.25) is 0 Å². The molecule has 0 saturated carbocycles. The predicted octanol–water partition coefficient (Wildman–Crippen LogP) is 6.35. The molecule has 140 valence electrons. The number of hydrogen-bond donors (Lipinski definition) is 0. The van der Waals surface area contributed by atoms with E-state index in [4.69, 9.17) is 21.1 Å². The van der Waals surface area contributed by atoms with E-state index in [-0.39, 0.29) is 5.92 Å². The molecule has 1 aromatic heterocycles. The quantitative estimate of drug-likeness (QED) is 0.341. The van der Waals surface area contributed by atoms with Crippen molar-refractivity contribution in [3.63, 3.8) is 0 Å². The summed E-state index contributed by atoms with van der Waals surface area (Å²) in [5, 5.41) is 1.30. The summed E-state index contributed by atoms with van der Waals surface area (Å²) < 4.78 is 11.2. The average Bonchev–Trinajstić information content (AvgIpc) is 2.66. The van der Waals surface area contributed by atoms with Gasteiger partial charge in [-0.15, -0.1) is 0 Å². The number of halogens is 1. The van der Waals surface area contributed by atoms with Gasteiger partial charge in [-0.05, 0) is 41.8 Å². The van der Waals surface area contributed by atoms with E-state index in [1.165, 1.54) is 0 Å². The number of rotatable bonds is 7. The van der Waals surface area contributed by atoms with Crippen molar-refractivity contribution in [2.75, 3.05) is 7.11 Å². The summed E-state index contributed by atoms with van der Waals surface area (Å²) in [6.45, 7) is 4.20. The number of ether oxygens (including phenoxy) is 2. The molecular weight excluding hydrogens is 380 g/mol. The number of nitrogens with zero attached hydrogens (tertiary/aromatic N) is 2. The highest BCUT2D eigenvalue weighted by molar-refractivity contribution is 7.98. The molecule has 0 radical (unpaired) electrons. The summed E-state index contributed by atoms with van der Waals surface area (Å²) in [6, 6.07) is 17.1. The minimum atomic E-state index is 0.269. The van der Waals surface area contributed by atoms with Crippen LogP contribution in [0.15, 0.2) is 59.8 Å². The number of aromatic nitrogens is 2. The molecule has 0 N–H and O–H groups in total. The lowest BCUT2D eigenvalue weighted by atomic mass is 10.1. The number of benzene rings is 2. The summed E-state index contributed by atoms with van der Waals surface area (Å²) in [4.78, 5) is 9.22. The third-order valence-corrected chi connectivity index (χ3v) is 4.97. The Hall–Kier alpha value is -2.24. The van der Waals surface area contributed by atoms with Crippen LogP contribution in [0.2, 0.25) is 5.02 Å². The van der Waals surface area contributed by atoms with Gasteiger partial charge in [-0.25, -0.2) is 4.98 Å². The van der Waals surface area contributed by atoms with Gasteiger partial charge < -0.3 is 9.47 Å². The second-order valence-corrected chi connectivity index (χ2v) is 7.65. The van der Waals surface area contributed by atoms with E-state index in [1.54, 1.807) is 24.9 Å². The molecule has 0 fully saturated rings. The Balaban J connectivity index is 1.80. The molecule has 4 nitrogen and oxygen atoms in total. The molecule has 0 unspecified atom stereocenters. The zero-order valence-electron chi connectivity index (χ0n) is 15.5. The fourth-order valence-corrected chi connectivity index (χ4v) is 3.37. The Morgan fingerprint density at radius 2 is 1.78 bits per heavy atom. The van der Waals surface area contributed by atoms with Gasteiger partial charge in [0.2, 0.25) is 5.88 Å². The van der Waals surface area contributed by atoms with Crippen molar-refractivity contribution in [2.45, 2.75) is 30.7 Å². The van der Waals surface area contributed by atoms with Crippen molar-refractivity contribution in [1.82, 2.24) is 9.97 Å². The molecule has 27 heavy (non-hydrogen) atoms. The normalized spacial score (nSPS) is 10.9. The molecule has 0 amide bonds. The number of hydrogen-bond acceptors (Lipinski definition) is 5. The van der Waals surface area contributed by atoms with Gasteiger partial charge >= 0.3 is 0 Å². The van der Waals surface area contributed by atoms with Crippen LogP contribution in [0.3, 0.4) is 0 Å². The van der Waals surface area contributed by atoms with Crippen molar-refractivity contribution in [2.24, 2.45) is 0 Å². The Morgan fingerprint density at radius 3 is 2.52 bits per heavy atom. The molecule has 0 spiro atoms. The van der Waals surface area contributed by atoms with Gasteiger partial charge in [0, 0.05) is 16.8 Å². The number of thioether (sulfide) groups is 1. The van der Waals surface area contributed by atoms with E-state index in [1.807, 2.05) is 42.5 Å². The number of methoxy groups -OCH3 is 1. The highest BCUT2D eigenvalue weighted by atomic mass is 35.5. The van der Waals surface area contributed by atoms with Crippen LogP contribution >= 0.6 is 23.4 Å². The van der Waals surface area contributed by atoms with Crippen LogP contribution in [0.1, 0.15) is 31.0 Å². The molecule has 0 atom stereocenters. The lowest BCUT2D eigenvalue weighted by Gasteiger charge is -2.11. The summed E-state index contributed by atoms with van der Waals surface area (Å²) >= 11 is 7.61. The first kappa shape index (κ1) is 19.5. The first-order chi connectivity index (χ1) is 13.0. The fourth-order valence-electron chi connectivity index (χ4n) is 2.39. The van der Waals surface area contributed by atoms with Gasteiger partial charge in [0.25, 0.3) is 0 Å². The van der Waals surface area contributed by atoms with Crippen molar-refractivity contribution >= 4 is 23.4 Å². The van der Waals surface area contributed by atoms with Gasteiger partial charge in [0.05, 0.1) is 12.8 Å². The molecule has 1 heterocycles. The van der Waals surface area contributed by atoms with E-state index in [2.05, 4.69) is 29.9 Å². The molecule has 0 aliphatic heterocycles. The highest BCUT2D eigenvalue weighted by Gasteiger charge is 2.11. The molecule has 3 aromatic rings. The largest absolute Gasteiger partial charge is 0.497 e. The lowest BCUT2D eigenvalue weighted by molar-refractivity contribution is 0.414. The standard InChI is InChI=1S/C21H21ClN2O2S/c1-14(2)19-12-20(26-18-9-5-7-16(22)11-18)24-21(23-19)27-13-15-6-4-8-17(10-15)25-3/h4-12,14H,13H2,1-3H3.